The van der Waals surface area contributed by atoms with E-state index in [1.807, 2.05) is 0 Å². The van der Waals surface area contributed by atoms with E-state index in [1.165, 1.54) is 4.90 Å². The molecule has 0 saturated heterocycles. The van der Waals surface area contributed by atoms with Crippen molar-refractivity contribution in [2.75, 3.05) is 11.4 Å². The summed E-state index contributed by atoms with van der Waals surface area (Å²) in [6, 6.07) is 13.3. The summed E-state index contributed by atoms with van der Waals surface area (Å²) in [5, 5.41) is 9.55. The van der Waals surface area contributed by atoms with Crippen molar-refractivity contribution >= 4 is 45.1 Å². The van der Waals surface area contributed by atoms with Crippen LogP contribution >= 0.6 is 27.5 Å². The summed E-state index contributed by atoms with van der Waals surface area (Å²) in [5.74, 6) is -1.49. The number of carbonyl (C=O) groups is 2. The number of amides is 1. The molecular formula is C15H11BrClNO3. The zero-order valence-corrected chi connectivity index (χ0v) is 13.1. The molecule has 2 rings (SSSR count). The monoisotopic (exact) mass is 367 g/mol. The van der Waals surface area contributed by atoms with Gasteiger partial charge in [0.25, 0.3) is 5.91 Å². The van der Waals surface area contributed by atoms with Crippen LogP contribution in [0.2, 0.25) is 5.02 Å². The van der Waals surface area contributed by atoms with Crippen LogP contribution in [0.1, 0.15) is 10.4 Å². The Bertz CT molecular complexity index is 673. The van der Waals surface area contributed by atoms with Crippen molar-refractivity contribution in [3.63, 3.8) is 0 Å². The van der Waals surface area contributed by atoms with Gasteiger partial charge in [-0.1, -0.05) is 23.7 Å². The second kappa shape index (κ2) is 6.74. The van der Waals surface area contributed by atoms with E-state index >= 15 is 0 Å². The van der Waals surface area contributed by atoms with Crippen LogP contribution in [0, 0.1) is 0 Å². The lowest BCUT2D eigenvalue weighted by Crippen LogP contribution is -2.35. The Kier molecular flexibility index (Phi) is 4.98. The van der Waals surface area contributed by atoms with Gasteiger partial charge in [0.15, 0.2) is 0 Å². The molecule has 1 amide bonds. The second-order valence-electron chi connectivity index (χ2n) is 4.24. The molecule has 0 aliphatic rings. The maximum absolute atomic E-state index is 12.6. The Labute approximate surface area is 135 Å². The highest BCUT2D eigenvalue weighted by molar-refractivity contribution is 9.10. The lowest BCUT2D eigenvalue weighted by atomic mass is 10.2. The molecule has 2 aromatic carbocycles. The van der Waals surface area contributed by atoms with Gasteiger partial charge in [-0.25, -0.2) is 0 Å². The molecule has 0 aliphatic heterocycles. The van der Waals surface area contributed by atoms with Gasteiger partial charge in [-0.2, -0.15) is 0 Å². The molecule has 108 valence electrons. The van der Waals surface area contributed by atoms with Gasteiger partial charge in [-0.15, -0.1) is 0 Å². The van der Waals surface area contributed by atoms with Crippen LogP contribution in [0.3, 0.4) is 0 Å². The zero-order chi connectivity index (χ0) is 15.4. The third-order valence-electron chi connectivity index (χ3n) is 2.78. The highest BCUT2D eigenvalue weighted by atomic mass is 79.9. The number of carbonyl (C=O) groups excluding carboxylic acids is 1. The number of aliphatic carboxylic acids is 1. The standard InChI is InChI=1S/C15H11BrClNO3/c16-13-4-2-1-3-12(13)15(21)18(9-14(19)20)11-7-5-10(17)6-8-11/h1-8H,9H2,(H,19,20). The van der Waals surface area contributed by atoms with Crippen LogP contribution in [0.4, 0.5) is 5.69 Å². The number of anilines is 1. The normalized spacial score (nSPS) is 10.2. The molecule has 0 radical (unpaired) electrons. The molecule has 2 aromatic rings. The molecule has 6 heteroatoms. The first-order valence-electron chi connectivity index (χ1n) is 6.03. The van der Waals surface area contributed by atoms with Gasteiger partial charge in [-0.05, 0) is 52.3 Å². The number of carboxylic acids is 1. The quantitative estimate of drug-likeness (QED) is 0.892. The largest absolute Gasteiger partial charge is 0.480 e. The minimum absolute atomic E-state index is 0.396. The molecule has 0 bridgehead atoms. The maximum atomic E-state index is 12.6. The summed E-state index contributed by atoms with van der Waals surface area (Å²) in [7, 11) is 0. The lowest BCUT2D eigenvalue weighted by Gasteiger charge is -2.21. The Morgan fingerprint density at radius 2 is 1.71 bits per heavy atom. The number of benzene rings is 2. The van der Waals surface area contributed by atoms with Crippen LogP contribution in [-0.2, 0) is 4.79 Å². The van der Waals surface area contributed by atoms with Crippen molar-refractivity contribution < 1.29 is 14.7 Å². The van der Waals surface area contributed by atoms with Gasteiger partial charge in [0.2, 0.25) is 0 Å². The molecule has 0 aromatic heterocycles. The number of rotatable bonds is 4. The average Bonchev–Trinajstić information content (AvgIpc) is 2.45. The average molecular weight is 369 g/mol. The molecule has 0 aliphatic carbocycles. The molecule has 0 saturated carbocycles. The Morgan fingerprint density at radius 1 is 1.10 bits per heavy atom. The summed E-state index contributed by atoms with van der Waals surface area (Å²) in [6.45, 7) is -0.429. The van der Waals surface area contributed by atoms with Gasteiger partial charge in [0.1, 0.15) is 6.54 Å². The van der Waals surface area contributed by atoms with E-state index < -0.39 is 18.4 Å². The van der Waals surface area contributed by atoms with Gasteiger partial charge in [0, 0.05) is 15.2 Å². The highest BCUT2D eigenvalue weighted by Gasteiger charge is 2.21. The fourth-order valence-electron chi connectivity index (χ4n) is 1.82. The van der Waals surface area contributed by atoms with Gasteiger partial charge in [0.05, 0.1) is 5.56 Å². The Balaban J connectivity index is 2.40. The molecule has 0 spiro atoms. The molecule has 0 atom stereocenters. The van der Waals surface area contributed by atoms with Gasteiger partial charge < -0.3 is 5.11 Å². The van der Waals surface area contributed by atoms with Crippen LogP contribution in [0.25, 0.3) is 0 Å². The predicted octanol–water partition coefficient (Wildman–Crippen LogP) is 3.83. The van der Waals surface area contributed by atoms with Crippen LogP contribution in [0.15, 0.2) is 53.0 Å². The van der Waals surface area contributed by atoms with Crippen LogP contribution in [-0.4, -0.2) is 23.5 Å². The Morgan fingerprint density at radius 3 is 2.29 bits per heavy atom. The number of carboxylic acid groups (broad SMARTS) is 1. The van der Waals surface area contributed by atoms with Crippen molar-refractivity contribution in [1.29, 1.82) is 0 Å². The number of nitrogens with zero attached hydrogens (tertiary/aromatic N) is 1. The first-order chi connectivity index (χ1) is 9.99. The lowest BCUT2D eigenvalue weighted by molar-refractivity contribution is -0.135. The summed E-state index contributed by atoms with van der Waals surface area (Å²) < 4.78 is 0.611. The molecule has 0 unspecified atom stereocenters. The smallest absolute Gasteiger partial charge is 0.323 e. The van der Waals surface area contributed by atoms with Crippen molar-refractivity contribution in [2.24, 2.45) is 0 Å². The zero-order valence-electron chi connectivity index (χ0n) is 10.8. The molecular weight excluding hydrogens is 358 g/mol. The topological polar surface area (TPSA) is 57.6 Å². The predicted molar refractivity (Wildman–Crippen MR) is 84.9 cm³/mol. The summed E-state index contributed by atoms with van der Waals surface area (Å²) in [6.07, 6.45) is 0. The van der Waals surface area contributed by atoms with E-state index in [9.17, 15) is 9.59 Å². The van der Waals surface area contributed by atoms with E-state index in [4.69, 9.17) is 16.7 Å². The van der Waals surface area contributed by atoms with E-state index in [0.29, 0.717) is 20.7 Å². The summed E-state index contributed by atoms with van der Waals surface area (Å²) in [5.41, 5.74) is 0.872. The third kappa shape index (κ3) is 3.83. The van der Waals surface area contributed by atoms with Crippen LogP contribution < -0.4 is 4.90 Å². The molecule has 0 fully saturated rings. The number of halogens is 2. The van der Waals surface area contributed by atoms with E-state index in [0.717, 1.165) is 0 Å². The van der Waals surface area contributed by atoms with Crippen molar-refractivity contribution in [2.45, 2.75) is 0 Å². The maximum Gasteiger partial charge on any atom is 0.323 e. The summed E-state index contributed by atoms with van der Waals surface area (Å²) >= 11 is 9.12. The number of hydrogen-bond acceptors (Lipinski definition) is 2. The number of hydrogen-bond donors (Lipinski definition) is 1. The first-order valence-corrected chi connectivity index (χ1v) is 7.20. The van der Waals surface area contributed by atoms with Crippen molar-refractivity contribution in [3.8, 4) is 0 Å². The Hall–Kier alpha value is -1.85. The van der Waals surface area contributed by atoms with Crippen LogP contribution in [0.5, 0.6) is 0 Å². The van der Waals surface area contributed by atoms with E-state index in [1.54, 1.807) is 48.5 Å². The van der Waals surface area contributed by atoms with Gasteiger partial charge >= 0.3 is 5.97 Å². The fraction of sp³-hybridized carbons (Fsp3) is 0.0667. The minimum atomic E-state index is -1.09. The molecule has 1 N–H and O–H groups in total. The molecule has 4 nitrogen and oxygen atoms in total. The summed E-state index contributed by atoms with van der Waals surface area (Å²) in [4.78, 5) is 24.8. The molecule has 21 heavy (non-hydrogen) atoms. The minimum Gasteiger partial charge on any atom is -0.480 e. The first kappa shape index (κ1) is 15.5. The van der Waals surface area contributed by atoms with Crippen molar-refractivity contribution in [3.05, 3.63) is 63.6 Å². The second-order valence-corrected chi connectivity index (χ2v) is 5.53. The fourth-order valence-corrected chi connectivity index (χ4v) is 2.40. The van der Waals surface area contributed by atoms with E-state index in [-0.39, 0.29) is 0 Å². The van der Waals surface area contributed by atoms with Crippen molar-refractivity contribution in [1.82, 2.24) is 0 Å². The van der Waals surface area contributed by atoms with E-state index in [2.05, 4.69) is 15.9 Å². The SMILES string of the molecule is O=C(O)CN(C(=O)c1ccccc1Br)c1ccc(Cl)cc1. The van der Waals surface area contributed by atoms with Gasteiger partial charge in [-0.3, -0.25) is 14.5 Å². The third-order valence-corrected chi connectivity index (χ3v) is 3.72. The molecule has 0 heterocycles. The highest BCUT2D eigenvalue weighted by Crippen LogP contribution is 2.23.